The molecule has 0 aromatic carbocycles. The number of nitrogens with zero attached hydrogens (tertiary/aromatic N) is 2. The van der Waals surface area contributed by atoms with Gasteiger partial charge < -0.3 is 5.73 Å². The number of halogens is 3. The maximum Gasteiger partial charge on any atom is 0.421 e. The predicted molar refractivity (Wildman–Crippen MR) is 50.1 cm³/mol. The van der Waals surface area contributed by atoms with Crippen molar-refractivity contribution in [2.24, 2.45) is 0 Å². The van der Waals surface area contributed by atoms with Crippen LogP contribution in [0.1, 0.15) is 32.0 Å². The predicted octanol–water partition coefficient (Wildman–Crippen LogP) is 2.38. The molecule has 0 aliphatic rings. The van der Waals surface area contributed by atoms with Gasteiger partial charge in [0, 0.05) is 5.41 Å². The van der Waals surface area contributed by atoms with E-state index in [4.69, 9.17) is 5.73 Å². The zero-order chi connectivity index (χ0) is 11.9. The monoisotopic (exact) mass is 219 g/mol. The molecule has 1 heterocycles. The third kappa shape index (κ3) is 2.37. The quantitative estimate of drug-likeness (QED) is 0.728. The SMILES string of the molecule is CC(C)(C)c1ncnc(N)c1C(F)(F)F. The first kappa shape index (κ1) is 11.7. The number of rotatable bonds is 0. The minimum Gasteiger partial charge on any atom is -0.383 e. The van der Waals surface area contributed by atoms with E-state index >= 15 is 0 Å². The standard InChI is InChI=1S/C9H12F3N3/c1-8(2,3)6-5(9(10,11)12)7(13)15-4-14-6/h4H,1-3H3,(H2,13,14,15). The molecule has 0 saturated carbocycles. The van der Waals surface area contributed by atoms with Crippen LogP contribution in [0.4, 0.5) is 19.0 Å². The van der Waals surface area contributed by atoms with Crippen LogP contribution in [-0.4, -0.2) is 9.97 Å². The fourth-order valence-electron chi connectivity index (χ4n) is 1.25. The van der Waals surface area contributed by atoms with Gasteiger partial charge in [0.05, 0.1) is 5.69 Å². The molecule has 0 atom stereocenters. The van der Waals surface area contributed by atoms with Crippen molar-refractivity contribution >= 4 is 5.82 Å². The maximum absolute atomic E-state index is 12.7. The zero-order valence-electron chi connectivity index (χ0n) is 8.68. The Bertz CT molecular complexity index is 366. The lowest BCUT2D eigenvalue weighted by atomic mass is 9.88. The molecule has 0 aliphatic carbocycles. The molecule has 1 rings (SSSR count). The van der Waals surface area contributed by atoms with Gasteiger partial charge in [-0.05, 0) is 0 Å². The van der Waals surface area contributed by atoms with Gasteiger partial charge in [-0.25, -0.2) is 9.97 Å². The summed E-state index contributed by atoms with van der Waals surface area (Å²) in [6.07, 6.45) is -3.47. The Hall–Kier alpha value is -1.33. The van der Waals surface area contributed by atoms with Gasteiger partial charge in [-0.2, -0.15) is 13.2 Å². The van der Waals surface area contributed by atoms with Crippen LogP contribution in [-0.2, 0) is 11.6 Å². The highest BCUT2D eigenvalue weighted by atomic mass is 19.4. The second-order valence-electron chi connectivity index (χ2n) is 4.23. The third-order valence-corrected chi connectivity index (χ3v) is 1.87. The minimum absolute atomic E-state index is 0.0810. The van der Waals surface area contributed by atoms with E-state index in [-0.39, 0.29) is 5.69 Å². The highest BCUT2D eigenvalue weighted by Gasteiger charge is 2.40. The molecular weight excluding hydrogens is 207 g/mol. The van der Waals surface area contributed by atoms with Gasteiger partial charge in [0.1, 0.15) is 17.7 Å². The molecular formula is C9H12F3N3. The fraction of sp³-hybridized carbons (Fsp3) is 0.556. The van der Waals surface area contributed by atoms with Crippen LogP contribution in [0.2, 0.25) is 0 Å². The molecule has 84 valence electrons. The van der Waals surface area contributed by atoms with Crippen molar-refractivity contribution in [2.75, 3.05) is 5.73 Å². The van der Waals surface area contributed by atoms with E-state index in [9.17, 15) is 13.2 Å². The zero-order valence-corrected chi connectivity index (χ0v) is 8.68. The maximum atomic E-state index is 12.7. The summed E-state index contributed by atoms with van der Waals surface area (Å²) in [5.74, 6) is -0.526. The van der Waals surface area contributed by atoms with Crippen LogP contribution in [0, 0.1) is 0 Å². The number of nitrogens with two attached hydrogens (primary N) is 1. The molecule has 0 aliphatic heterocycles. The summed E-state index contributed by atoms with van der Waals surface area (Å²) in [5, 5.41) is 0. The summed E-state index contributed by atoms with van der Waals surface area (Å²) in [7, 11) is 0. The normalized spacial score (nSPS) is 12.9. The summed E-state index contributed by atoms with van der Waals surface area (Å²) in [6, 6.07) is 0. The van der Waals surface area contributed by atoms with Crippen molar-refractivity contribution in [3.8, 4) is 0 Å². The molecule has 1 aromatic heterocycles. The van der Waals surface area contributed by atoms with Crippen LogP contribution in [0.15, 0.2) is 6.33 Å². The molecule has 2 N–H and O–H groups in total. The lowest BCUT2D eigenvalue weighted by molar-refractivity contribution is -0.138. The highest BCUT2D eigenvalue weighted by molar-refractivity contribution is 5.45. The summed E-state index contributed by atoms with van der Waals surface area (Å²) in [6.45, 7) is 4.93. The molecule has 6 heteroatoms. The average molecular weight is 219 g/mol. The lowest BCUT2D eigenvalue weighted by Gasteiger charge is -2.22. The van der Waals surface area contributed by atoms with Crippen molar-refractivity contribution in [1.29, 1.82) is 0 Å². The third-order valence-electron chi connectivity index (χ3n) is 1.87. The van der Waals surface area contributed by atoms with Gasteiger partial charge in [-0.1, -0.05) is 20.8 Å². The first-order valence-electron chi connectivity index (χ1n) is 4.32. The summed E-state index contributed by atoms with van der Waals surface area (Å²) in [5.41, 5.74) is 3.50. The Morgan fingerprint density at radius 3 is 2.00 bits per heavy atom. The number of anilines is 1. The molecule has 1 aromatic rings. The van der Waals surface area contributed by atoms with Crippen molar-refractivity contribution in [1.82, 2.24) is 9.97 Å². The molecule has 0 saturated heterocycles. The van der Waals surface area contributed by atoms with Crippen molar-refractivity contribution in [3.63, 3.8) is 0 Å². The molecule has 15 heavy (non-hydrogen) atoms. The first-order chi connectivity index (χ1) is 6.64. The number of hydrogen-bond donors (Lipinski definition) is 1. The van der Waals surface area contributed by atoms with Crippen LogP contribution < -0.4 is 5.73 Å². The second kappa shape index (κ2) is 3.36. The van der Waals surface area contributed by atoms with Gasteiger partial charge in [-0.15, -0.1) is 0 Å². The Morgan fingerprint density at radius 2 is 1.67 bits per heavy atom. The van der Waals surface area contributed by atoms with Gasteiger partial charge in [-0.3, -0.25) is 0 Å². The number of aromatic nitrogens is 2. The summed E-state index contributed by atoms with van der Waals surface area (Å²) < 4.78 is 38.0. The smallest absolute Gasteiger partial charge is 0.383 e. The van der Waals surface area contributed by atoms with E-state index in [1.54, 1.807) is 20.8 Å². The van der Waals surface area contributed by atoms with E-state index in [2.05, 4.69) is 9.97 Å². The molecule has 3 nitrogen and oxygen atoms in total. The van der Waals surface area contributed by atoms with Gasteiger partial charge in [0.15, 0.2) is 0 Å². The van der Waals surface area contributed by atoms with Crippen molar-refractivity contribution in [3.05, 3.63) is 17.6 Å². The molecule has 0 radical (unpaired) electrons. The van der Waals surface area contributed by atoms with Crippen LogP contribution >= 0.6 is 0 Å². The van der Waals surface area contributed by atoms with E-state index in [0.717, 1.165) is 6.33 Å². The van der Waals surface area contributed by atoms with E-state index in [1.807, 2.05) is 0 Å². The topological polar surface area (TPSA) is 51.8 Å². The molecule has 0 spiro atoms. The highest BCUT2D eigenvalue weighted by Crippen LogP contribution is 2.38. The van der Waals surface area contributed by atoms with Crippen molar-refractivity contribution in [2.45, 2.75) is 32.4 Å². The largest absolute Gasteiger partial charge is 0.421 e. The molecule has 0 unspecified atom stereocenters. The Labute approximate surface area is 85.5 Å². The first-order valence-corrected chi connectivity index (χ1v) is 4.32. The summed E-state index contributed by atoms with van der Waals surface area (Å²) in [4.78, 5) is 7.03. The van der Waals surface area contributed by atoms with Crippen LogP contribution in [0.5, 0.6) is 0 Å². The fourth-order valence-corrected chi connectivity index (χ4v) is 1.25. The molecule has 0 amide bonds. The second-order valence-corrected chi connectivity index (χ2v) is 4.23. The van der Waals surface area contributed by atoms with E-state index < -0.39 is 23.0 Å². The van der Waals surface area contributed by atoms with Gasteiger partial charge in [0.2, 0.25) is 0 Å². The van der Waals surface area contributed by atoms with E-state index in [0.29, 0.717) is 0 Å². The Balaban J connectivity index is 3.48. The molecule has 0 fully saturated rings. The lowest BCUT2D eigenvalue weighted by Crippen LogP contribution is -2.23. The van der Waals surface area contributed by atoms with Gasteiger partial charge >= 0.3 is 6.18 Å². The Kier molecular flexibility index (Phi) is 2.63. The van der Waals surface area contributed by atoms with Crippen molar-refractivity contribution < 1.29 is 13.2 Å². The number of hydrogen-bond acceptors (Lipinski definition) is 3. The van der Waals surface area contributed by atoms with Gasteiger partial charge in [0.25, 0.3) is 0 Å². The Morgan fingerprint density at radius 1 is 1.13 bits per heavy atom. The number of nitrogen functional groups attached to an aromatic ring is 1. The summed E-state index contributed by atoms with van der Waals surface area (Å²) >= 11 is 0. The number of alkyl halides is 3. The van der Waals surface area contributed by atoms with E-state index in [1.165, 1.54) is 0 Å². The van der Waals surface area contributed by atoms with Crippen LogP contribution in [0.3, 0.4) is 0 Å². The average Bonchev–Trinajstić information content (AvgIpc) is 1.99. The minimum atomic E-state index is -4.52. The van der Waals surface area contributed by atoms with Crippen LogP contribution in [0.25, 0.3) is 0 Å². The molecule has 0 bridgehead atoms.